The molecule has 0 saturated heterocycles. The molecular weight excluding hydrogens is 356 g/mol. The Morgan fingerprint density at radius 2 is 1.76 bits per heavy atom. The van der Waals surface area contributed by atoms with Gasteiger partial charge in [0.25, 0.3) is 0 Å². The molecule has 4 nitrogen and oxygen atoms in total. The molecule has 6 heteroatoms. The van der Waals surface area contributed by atoms with Crippen LogP contribution in [0.3, 0.4) is 0 Å². The Hall–Kier alpha value is -1.46. The molecule has 3 rings (SSSR count). The smallest absolute Gasteiger partial charge is 0.323 e. The Kier molecular flexibility index (Phi) is 3.50. The third-order valence-corrected chi connectivity index (χ3v) is 4.92. The maximum atomic E-state index is 11.4. The minimum absolute atomic E-state index is 0.230. The molecule has 0 aliphatic rings. The number of benzene rings is 1. The third-order valence-electron chi connectivity index (χ3n) is 3.78. The highest BCUT2D eigenvalue weighted by Gasteiger charge is 2.23. The molecule has 110 valence electrons. The van der Waals surface area contributed by atoms with Crippen molar-refractivity contribution >= 4 is 38.6 Å². The highest BCUT2D eigenvalue weighted by atomic mass is 79.9. The molecule has 0 fully saturated rings. The highest BCUT2D eigenvalue weighted by molar-refractivity contribution is 9.10. The van der Waals surface area contributed by atoms with Crippen molar-refractivity contribution in [1.29, 1.82) is 0 Å². The lowest BCUT2D eigenvalue weighted by Crippen LogP contribution is -1.99. The summed E-state index contributed by atoms with van der Waals surface area (Å²) >= 11 is 10.2. The molecule has 0 saturated carbocycles. The topological polar surface area (TPSA) is 61.8 Å². The lowest BCUT2D eigenvalue weighted by Gasteiger charge is -2.13. The number of nitrogens with one attached hydrogen (secondary N) is 2. The number of aromatic nitrogens is 2. The van der Waals surface area contributed by atoms with Crippen molar-refractivity contribution in [3.05, 3.63) is 55.3 Å². The second kappa shape index (κ2) is 5.07. The summed E-state index contributed by atoms with van der Waals surface area (Å²) < 4.78 is 6.51. The molecule has 2 heterocycles. The number of aryl methyl sites for hydroxylation is 2. The Balaban J connectivity index is 2.18. The number of furan rings is 1. The van der Waals surface area contributed by atoms with E-state index in [9.17, 15) is 4.79 Å². The number of H-pyrrole nitrogens is 2. The van der Waals surface area contributed by atoms with Gasteiger partial charge in [0.2, 0.25) is 0 Å². The van der Waals surface area contributed by atoms with Crippen LogP contribution in [0.15, 0.2) is 25.8 Å². The number of rotatable bonds is 2. The van der Waals surface area contributed by atoms with Gasteiger partial charge in [-0.25, -0.2) is 4.79 Å². The van der Waals surface area contributed by atoms with Crippen LogP contribution in [0.25, 0.3) is 11.0 Å². The van der Waals surface area contributed by atoms with Gasteiger partial charge in [-0.15, -0.1) is 11.6 Å². The predicted molar refractivity (Wildman–Crippen MR) is 87.2 cm³/mol. The maximum Gasteiger partial charge on any atom is 0.323 e. The summed E-state index contributed by atoms with van der Waals surface area (Å²) in [6, 6.07) is 3.74. The summed E-state index contributed by atoms with van der Waals surface area (Å²) in [4.78, 5) is 16.9. The van der Waals surface area contributed by atoms with Crippen molar-refractivity contribution in [2.45, 2.75) is 26.1 Å². The van der Waals surface area contributed by atoms with Gasteiger partial charge >= 0.3 is 5.69 Å². The predicted octanol–water partition coefficient (Wildman–Crippen LogP) is 4.47. The van der Waals surface area contributed by atoms with Gasteiger partial charge in [-0.3, -0.25) is 0 Å². The molecule has 2 aromatic heterocycles. The van der Waals surface area contributed by atoms with Crippen molar-refractivity contribution in [3.63, 3.8) is 0 Å². The summed E-state index contributed by atoms with van der Waals surface area (Å²) in [5, 5.41) is -0.348. The van der Waals surface area contributed by atoms with Crippen molar-refractivity contribution in [2.75, 3.05) is 0 Å². The quantitative estimate of drug-likeness (QED) is 0.655. The zero-order chi connectivity index (χ0) is 15.3. The highest BCUT2D eigenvalue weighted by Crippen LogP contribution is 2.39. The van der Waals surface area contributed by atoms with Crippen LogP contribution < -0.4 is 5.69 Å². The third kappa shape index (κ3) is 2.34. The average molecular weight is 370 g/mol. The van der Waals surface area contributed by atoms with Crippen molar-refractivity contribution in [3.8, 4) is 0 Å². The first-order valence-corrected chi connectivity index (χ1v) is 7.73. The van der Waals surface area contributed by atoms with E-state index in [0.29, 0.717) is 0 Å². The Labute approximate surface area is 134 Å². The van der Waals surface area contributed by atoms with Gasteiger partial charge in [-0.05, 0) is 44.0 Å². The summed E-state index contributed by atoms with van der Waals surface area (Å²) in [6.07, 6.45) is 0. The first kappa shape index (κ1) is 14.5. The van der Waals surface area contributed by atoms with Crippen molar-refractivity contribution < 1.29 is 4.42 Å². The van der Waals surface area contributed by atoms with E-state index in [4.69, 9.17) is 16.0 Å². The number of alkyl halides is 1. The minimum Gasteiger partial charge on any atom is -0.466 e. The molecule has 21 heavy (non-hydrogen) atoms. The molecular formula is C15H14BrClN2O2. The SMILES string of the molecule is Cc1oc(C)c(C(Cl)c2cc3[nH]c(=O)[nH]c3cc2Br)c1C. The monoisotopic (exact) mass is 368 g/mol. The molecule has 1 unspecified atom stereocenters. The molecule has 0 radical (unpaired) electrons. The fourth-order valence-corrected chi connectivity index (χ4v) is 3.81. The van der Waals surface area contributed by atoms with Crippen molar-refractivity contribution in [1.82, 2.24) is 9.97 Å². The standard InChI is InChI=1S/C15H14BrClN2O2/c1-6-7(2)21-8(3)13(6)14(17)9-4-11-12(5-10(9)16)19-15(20)18-11/h4-5,14H,1-3H3,(H2,18,19,20). The van der Waals surface area contributed by atoms with Gasteiger partial charge < -0.3 is 14.4 Å². The molecule has 1 atom stereocenters. The fraction of sp³-hybridized carbons (Fsp3) is 0.267. The summed E-state index contributed by atoms with van der Waals surface area (Å²) in [7, 11) is 0. The molecule has 0 aliphatic heterocycles. The van der Waals surface area contributed by atoms with Crippen LogP contribution in [-0.4, -0.2) is 9.97 Å². The van der Waals surface area contributed by atoms with Crippen molar-refractivity contribution in [2.24, 2.45) is 0 Å². The summed E-state index contributed by atoms with van der Waals surface area (Å²) in [5.74, 6) is 1.69. The fourth-order valence-electron chi connectivity index (χ4n) is 2.61. The Bertz CT molecular complexity index is 891. The van der Waals surface area contributed by atoms with E-state index >= 15 is 0 Å². The number of hydrogen-bond donors (Lipinski definition) is 2. The maximum absolute atomic E-state index is 11.4. The number of aromatic amines is 2. The summed E-state index contributed by atoms with van der Waals surface area (Å²) in [6.45, 7) is 5.84. The van der Waals surface area contributed by atoms with Crippen LogP contribution in [0.2, 0.25) is 0 Å². The second-order valence-corrected chi connectivity index (χ2v) is 6.40. The van der Waals surface area contributed by atoms with E-state index in [2.05, 4.69) is 25.9 Å². The average Bonchev–Trinajstić information content (AvgIpc) is 2.87. The Morgan fingerprint density at radius 1 is 1.14 bits per heavy atom. The van der Waals surface area contributed by atoms with Crippen LogP contribution in [-0.2, 0) is 0 Å². The molecule has 1 aromatic carbocycles. The van der Waals surface area contributed by atoms with Gasteiger partial charge in [-0.1, -0.05) is 15.9 Å². The lowest BCUT2D eigenvalue weighted by atomic mass is 10.0. The number of imidazole rings is 1. The van der Waals surface area contributed by atoms with E-state index in [0.717, 1.165) is 43.7 Å². The largest absolute Gasteiger partial charge is 0.466 e. The zero-order valence-corrected chi connectivity index (χ0v) is 14.1. The molecule has 0 amide bonds. The van der Waals surface area contributed by atoms with Crippen LogP contribution in [0.4, 0.5) is 0 Å². The van der Waals surface area contributed by atoms with E-state index < -0.39 is 0 Å². The van der Waals surface area contributed by atoms with E-state index in [-0.39, 0.29) is 11.1 Å². The number of fused-ring (bicyclic) bond motifs is 1. The van der Waals surface area contributed by atoms with Crippen LogP contribution in [0, 0.1) is 20.8 Å². The van der Waals surface area contributed by atoms with Crippen LogP contribution in [0.5, 0.6) is 0 Å². The lowest BCUT2D eigenvalue weighted by molar-refractivity contribution is 0.500. The van der Waals surface area contributed by atoms with Crippen LogP contribution >= 0.6 is 27.5 Å². The van der Waals surface area contributed by atoms with Gasteiger partial charge in [-0.2, -0.15) is 0 Å². The minimum atomic E-state index is -0.348. The van der Waals surface area contributed by atoms with E-state index in [1.807, 2.05) is 32.9 Å². The Morgan fingerprint density at radius 3 is 2.33 bits per heavy atom. The first-order valence-electron chi connectivity index (χ1n) is 6.50. The van der Waals surface area contributed by atoms with Gasteiger partial charge in [0, 0.05) is 10.0 Å². The molecule has 0 spiro atoms. The van der Waals surface area contributed by atoms with E-state index in [1.165, 1.54) is 0 Å². The molecule has 0 aliphatic carbocycles. The normalized spacial score (nSPS) is 13.0. The zero-order valence-electron chi connectivity index (χ0n) is 11.8. The molecule has 3 aromatic rings. The van der Waals surface area contributed by atoms with E-state index in [1.54, 1.807) is 0 Å². The summed E-state index contributed by atoms with van der Waals surface area (Å²) in [5.41, 5.74) is 4.18. The molecule has 2 N–H and O–H groups in total. The first-order chi connectivity index (χ1) is 9.88. The van der Waals surface area contributed by atoms with Gasteiger partial charge in [0.05, 0.1) is 16.4 Å². The second-order valence-electron chi connectivity index (χ2n) is 5.11. The number of hydrogen-bond acceptors (Lipinski definition) is 2. The van der Waals surface area contributed by atoms with Crippen LogP contribution in [0.1, 0.15) is 33.6 Å². The van der Waals surface area contributed by atoms with Gasteiger partial charge in [0.1, 0.15) is 11.5 Å². The number of halogens is 2. The molecule has 0 bridgehead atoms. The van der Waals surface area contributed by atoms with Gasteiger partial charge in [0.15, 0.2) is 0 Å².